The van der Waals surface area contributed by atoms with E-state index < -0.39 is 32.7 Å². The molecule has 0 radical (unpaired) electrons. The molecule has 0 aliphatic heterocycles. The Morgan fingerprint density at radius 2 is 2.25 bits per heavy atom. The van der Waals surface area contributed by atoms with Crippen molar-refractivity contribution in [3.63, 3.8) is 0 Å². The first-order valence-corrected chi connectivity index (χ1v) is 7.18. The van der Waals surface area contributed by atoms with Gasteiger partial charge in [0.2, 0.25) is 10.0 Å². The van der Waals surface area contributed by atoms with Gasteiger partial charge in [-0.25, -0.2) is 17.9 Å². The van der Waals surface area contributed by atoms with Gasteiger partial charge in [0.1, 0.15) is 16.5 Å². The summed E-state index contributed by atoms with van der Waals surface area (Å²) in [7, 11) is -4.16. The topological polar surface area (TPSA) is 98.5 Å². The lowest BCUT2D eigenvalue weighted by molar-refractivity contribution is -0.127. The number of benzene rings is 1. The van der Waals surface area contributed by atoms with E-state index in [1.807, 2.05) is 0 Å². The molecule has 3 N–H and O–H groups in total. The Balaban J connectivity index is 2.98. The minimum absolute atomic E-state index is 0.185. The Labute approximate surface area is 116 Å². The zero-order valence-electron chi connectivity index (χ0n) is 10.8. The van der Waals surface area contributed by atoms with Crippen LogP contribution in [-0.2, 0) is 14.8 Å². The van der Waals surface area contributed by atoms with Crippen molar-refractivity contribution < 1.29 is 22.3 Å². The summed E-state index contributed by atoms with van der Waals surface area (Å²) >= 11 is 0. The number of carbonyl (C=O) groups is 1. The maximum Gasteiger partial charge on any atom is 0.261 e. The lowest BCUT2D eigenvalue weighted by Gasteiger charge is -2.16. The number of nitrogens with one attached hydrogen (secondary N) is 1. The Hall–Kier alpha value is -1.93. The quantitative estimate of drug-likeness (QED) is 0.749. The van der Waals surface area contributed by atoms with Crippen molar-refractivity contribution in [2.45, 2.75) is 17.9 Å². The second-order valence-electron chi connectivity index (χ2n) is 3.93. The van der Waals surface area contributed by atoms with Crippen LogP contribution in [0, 0.1) is 5.82 Å². The number of carbonyl (C=O) groups excluding carboxylic acids is 1. The molecule has 1 aromatic carbocycles. The summed E-state index contributed by atoms with van der Waals surface area (Å²) in [6.45, 7) is 5.11. The molecule has 0 spiro atoms. The molecule has 1 amide bonds. The van der Waals surface area contributed by atoms with Crippen LogP contribution in [0.3, 0.4) is 0 Å². The van der Waals surface area contributed by atoms with Gasteiger partial charge in [0, 0.05) is 6.54 Å². The number of hydrogen-bond acceptors (Lipinski definition) is 4. The van der Waals surface area contributed by atoms with Gasteiger partial charge in [-0.05, 0) is 25.1 Å². The SMILES string of the molecule is C=CCNC(=O)C(C)Oc1ccc(F)cc1S(N)(=O)=O. The van der Waals surface area contributed by atoms with Crippen LogP contribution in [0.2, 0.25) is 0 Å². The molecule has 0 bridgehead atoms. The summed E-state index contributed by atoms with van der Waals surface area (Å²) in [6.07, 6.45) is 0.513. The lowest BCUT2D eigenvalue weighted by atomic mass is 10.3. The fourth-order valence-electron chi connectivity index (χ4n) is 1.36. The van der Waals surface area contributed by atoms with Gasteiger partial charge in [-0.2, -0.15) is 0 Å². The standard InChI is InChI=1S/C12H15FN2O4S/c1-3-6-15-12(16)8(2)19-10-5-4-9(13)7-11(10)20(14,17)18/h3-5,7-8H,1,6H2,2H3,(H,15,16)(H2,14,17,18). The van der Waals surface area contributed by atoms with Crippen molar-refractivity contribution >= 4 is 15.9 Å². The normalized spacial score (nSPS) is 12.6. The lowest BCUT2D eigenvalue weighted by Crippen LogP contribution is -2.36. The van der Waals surface area contributed by atoms with E-state index in [2.05, 4.69) is 11.9 Å². The summed E-state index contributed by atoms with van der Waals surface area (Å²) in [5, 5.41) is 7.46. The van der Waals surface area contributed by atoms with Gasteiger partial charge in [-0.1, -0.05) is 6.08 Å². The van der Waals surface area contributed by atoms with Gasteiger partial charge in [0.15, 0.2) is 6.10 Å². The molecular weight excluding hydrogens is 287 g/mol. The van der Waals surface area contributed by atoms with Crippen LogP contribution in [0.1, 0.15) is 6.92 Å². The number of rotatable bonds is 6. The zero-order valence-corrected chi connectivity index (χ0v) is 11.6. The summed E-state index contributed by atoms with van der Waals surface area (Å²) < 4.78 is 41.0. The maximum absolute atomic E-state index is 13.1. The summed E-state index contributed by atoms with van der Waals surface area (Å²) in [6, 6.07) is 2.85. The van der Waals surface area contributed by atoms with E-state index in [1.54, 1.807) is 0 Å². The number of amides is 1. The summed E-state index contributed by atoms with van der Waals surface area (Å²) in [5.74, 6) is -1.42. The highest BCUT2D eigenvalue weighted by molar-refractivity contribution is 7.89. The third kappa shape index (κ3) is 4.32. The monoisotopic (exact) mass is 302 g/mol. The van der Waals surface area contributed by atoms with Crippen LogP contribution in [-0.4, -0.2) is 27.0 Å². The first-order valence-electron chi connectivity index (χ1n) is 5.63. The van der Waals surface area contributed by atoms with Crippen molar-refractivity contribution in [1.29, 1.82) is 0 Å². The largest absolute Gasteiger partial charge is 0.479 e. The first-order chi connectivity index (χ1) is 9.25. The number of halogens is 1. The third-order valence-electron chi connectivity index (χ3n) is 2.31. The molecule has 0 heterocycles. The van der Waals surface area contributed by atoms with E-state index in [4.69, 9.17) is 9.88 Å². The van der Waals surface area contributed by atoms with Gasteiger partial charge >= 0.3 is 0 Å². The van der Waals surface area contributed by atoms with E-state index in [1.165, 1.54) is 13.0 Å². The second kappa shape index (κ2) is 6.49. The van der Waals surface area contributed by atoms with Crippen molar-refractivity contribution in [2.75, 3.05) is 6.54 Å². The Morgan fingerprint density at radius 1 is 1.60 bits per heavy atom. The van der Waals surface area contributed by atoms with Crippen LogP contribution < -0.4 is 15.2 Å². The highest BCUT2D eigenvalue weighted by Crippen LogP contribution is 2.24. The summed E-state index contributed by atoms with van der Waals surface area (Å²) in [5.41, 5.74) is 0. The fourth-order valence-corrected chi connectivity index (χ4v) is 2.04. The molecule has 1 atom stereocenters. The van der Waals surface area contributed by atoms with E-state index >= 15 is 0 Å². The summed E-state index contributed by atoms with van der Waals surface area (Å²) in [4.78, 5) is 11.1. The fraction of sp³-hybridized carbons (Fsp3) is 0.250. The molecule has 0 aliphatic carbocycles. The van der Waals surface area contributed by atoms with Crippen LogP contribution in [0.4, 0.5) is 4.39 Å². The van der Waals surface area contributed by atoms with Crippen LogP contribution in [0.5, 0.6) is 5.75 Å². The van der Waals surface area contributed by atoms with Gasteiger partial charge in [0.25, 0.3) is 5.91 Å². The van der Waals surface area contributed by atoms with Crippen LogP contribution in [0.15, 0.2) is 35.7 Å². The molecule has 1 aromatic rings. The molecule has 1 rings (SSSR count). The number of ether oxygens (including phenoxy) is 1. The van der Waals surface area contributed by atoms with E-state index in [-0.39, 0.29) is 12.3 Å². The van der Waals surface area contributed by atoms with E-state index in [9.17, 15) is 17.6 Å². The molecule has 0 saturated heterocycles. The average molecular weight is 302 g/mol. The third-order valence-corrected chi connectivity index (χ3v) is 3.24. The van der Waals surface area contributed by atoms with Gasteiger partial charge < -0.3 is 10.1 Å². The van der Waals surface area contributed by atoms with Gasteiger partial charge in [-0.15, -0.1) is 6.58 Å². The molecule has 8 heteroatoms. The maximum atomic E-state index is 13.1. The molecule has 20 heavy (non-hydrogen) atoms. The first kappa shape index (κ1) is 16.1. The number of primary sulfonamides is 1. The molecular formula is C12H15FN2O4S. The van der Waals surface area contributed by atoms with E-state index in [0.717, 1.165) is 18.2 Å². The molecule has 0 aliphatic rings. The molecule has 1 unspecified atom stereocenters. The number of sulfonamides is 1. The van der Waals surface area contributed by atoms with Crippen molar-refractivity contribution in [1.82, 2.24) is 5.32 Å². The Morgan fingerprint density at radius 3 is 2.80 bits per heavy atom. The minimum atomic E-state index is -4.16. The van der Waals surface area contributed by atoms with Crippen molar-refractivity contribution in [2.24, 2.45) is 5.14 Å². The molecule has 6 nitrogen and oxygen atoms in total. The number of nitrogens with two attached hydrogens (primary N) is 1. The second-order valence-corrected chi connectivity index (χ2v) is 5.46. The highest BCUT2D eigenvalue weighted by Gasteiger charge is 2.21. The minimum Gasteiger partial charge on any atom is -0.479 e. The van der Waals surface area contributed by atoms with Crippen molar-refractivity contribution in [3.05, 3.63) is 36.7 Å². The van der Waals surface area contributed by atoms with Crippen molar-refractivity contribution in [3.8, 4) is 5.75 Å². The van der Waals surface area contributed by atoms with Gasteiger partial charge in [-0.3, -0.25) is 4.79 Å². The van der Waals surface area contributed by atoms with Crippen LogP contribution >= 0.6 is 0 Å². The predicted octanol–water partition coefficient (Wildman–Crippen LogP) is 0.543. The molecule has 0 saturated carbocycles. The predicted molar refractivity (Wildman–Crippen MR) is 71.1 cm³/mol. The number of hydrogen-bond donors (Lipinski definition) is 2. The highest BCUT2D eigenvalue weighted by atomic mass is 32.2. The Bertz CT molecular complexity index is 616. The smallest absolute Gasteiger partial charge is 0.261 e. The molecule has 110 valence electrons. The van der Waals surface area contributed by atoms with E-state index in [0.29, 0.717) is 0 Å². The average Bonchev–Trinajstić information content (AvgIpc) is 2.36. The van der Waals surface area contributed by atoms with Gasteiger partial charge in [0.05, 0.1) is 0 Å². The zero-order chi connectivity index (χ0) is 15.3. The Kier molecular flexibility index (Phi) is 5.23. The molecule has 0 aromatic heterocycles. The van der Waals surface area contributed by atoms with Crippen LogP contribution in [0.25, 0.3) is 0 Å². The molecule has 0 fully saturated rings.